The normalized spacial score (nSPS) is 15.7. The van der Waals surface area contributed by atoms with Gasteiger partial charge in [0.05, 0.1) is 11.9 Å². The molecule has 0 aliphatic heterocycles. The third kappa shape index (κ3) is 7.11. The molecule has 1 heterocycles. The highest BCUT2D eigenvalue weighted by Crippen LogP contribution is 2.25. The summed E-state index contributed by atoms with van der Waals surface area (Å²) in [6.45, 7) is 5.32. The fraction of sp³-hybridized carbons (Fsp3) is 0.600. The second-order valence-electron chi connectivity index (χ2n) is 8.03. The second kappa shape index (κ2) is 9.87. The third-order valence-electron chi connectivity index (χ3n) is 4.46. The van der Waals surface area contributed by atoms with E-state index in [9.17, 15) is 14.4 Å². The van der Waals surface area contributed by atoms with Crippen LogP contribution in [0.3, 0.4) is 0 Å². The molecule has 2 N–H and O–H groups in total. The van der Waals surface area contributed by atoms with Crippen molar-refractivity contribution in [3.63, 3.8) is 0 Å². The summed E-state index contributed by atoms with van der Waals surface area (Å²) in [7, 11) is 0. The average molecular weight is 410 g/mol. The van der Waals surface area contributed by atoms with Crippen molar-refractivity contribution in [2.24, 2.45) is 5.92 Å². The van der Waals surface area contributed by atoms with Crippen LogP contribution in [0.2, 0.25) is 0 Å². The maximum absolute atomic E-state index is 12.4. The molecule has 2 amide bonds. The number of rotatable bonds is 7. The fourth-order valence-corrected chi connectivity index (χ4v) is 3.27. The van der Waals surface area contributed by atoms with Gasteiger partial charge in [0.15, 0.2) is 5.78 Å². The summed E-state index contributed by atoms with van der Waals surface area (Å²) in [6, 6.07) is 2.69. The Morgan fingerprint density at radius 3 is 2.46 bits per heavy atom. The van der Waals surface area contributed by atoms with E-state index >= 15 is 0 Å². The molecule has 0 saturated heterocycles. The molecule has 1 aromatic heterocycles. The third-order valence-corrected chi connectivity index (χ3v) is 4.72. The maximum atomic E-state index is 12.4. The summed E-state index contributed by atoms with van der Waals surface area (Å²) in [5.41, 5.74) is 0.154. The van der Waals surface area contributed by atoms with Crippen LogP contribution >= 0.6 is 11.6 Å². The van der Waals surface area contributed by atoms with E-state index in [1.807, 2.05) is 0 Å². The number of anilines is 1. The number of pyridine rings is 1. The molecule has 0 bridgehead atoms. The van der Waals surface area contributed by atoms with Crippen LogP contribution in [0.15, 0.2) is 18.3 Å². The second-order valence-corrected chi connectivity index (χ2v) is 8.29. The summed E-state index contributed by atoms with van der Waals surface area (Å²) in [6.07, 6.45) is 5.07. The van der Waals surface area contributed by atoms with Crippen molar-refractivity contribution in [2.75, 3.05) is 11.2 Å². The Bertz CT molecular complexity index is 694. The number of ketones is 1. The maximum Gasteiger partial charge on any atom is 0.413 e. The molecule has 7 nitrogen and oxygen atoms in total. The molecule has 2 rings (SSSR count). The SMILES string of the molecule is CC(C)(C)OC(=O)Nc1ccc(CC(NC(=O)C2CCCC2)C(=O)CCl)cn1. The highest BCUT2D eigenvalue weighted by molar-refractivity contribution is 6.28. The van der Waals surface area contributed by atoms with Crippen LogP contribution in [0.25, 0.3) is 0 Å². The summed E-state index contributed by atoms with van der Waals surface area (Å²) in [4.78, 5) is 40.5. The first-order chi connectivity index (χ1) is 13.2. The minimum Gasteiger partial charge on any atom is -0.444 e. The number of Topliss-reactive ketones (excluding diaryl/α,β-unsaturated/α-hetero) is 1. The number of hydrogen-bond donors (Lipinski definition) is 2. The Kier molecular flexibility index (Phi) is 7.80. The van der Waals surface area contributed by atoms with Gasteiger partial charge in [0.1, 0.15) is 11.4 Å². The zero-order chi connectivity index (χ0) is 20.7. The molecule has 28 heavy (non-hydrogen) atoms. The largest absolute Gasteiger partial charge is 0.444 e. The molecule has 1 aliphatic carbocycles. The quantitative estimate of drug-likeness (QED) is 0.672. The minimum atomic E-state index is -0.683. The zero-order valence-electron chi connectivity index (χ0n) is 16.6. The Labute approximate surface area is 170 Å². The summed E-state index contributed by atoms with van der Waals surface area (Å²) >= 11 is 5.71. The van der Waals surface area contributed by atoms with Gasteiger partial charge in [-0.15, -0.1) is 11.6 Å². The van der Waals surface area contributed by atoms with Gasteiger partial charge in [-0.2, -0.15) is 0 Å². The van der Waals surface area contributed by atoms with Gasteiger partial charge in [-0.3, -0.25) is 14.9 Å². The lowest BCUT2D eigenvalue weighted by molar-refractivity contribution is -0.129. The Morgan fingerprint density at radius 1 is 1.25 bits per heavy atom. The van der Waals surface area contributed by atoms with Gasteiger partial charge in [0.2, 0.25) is 5.91 Å². The van der Waals surface area contributed by atoms with Gasteiger partial charge < -0.3 is 10.1 Å². The molecule has 1 aliphatic rings. The Hall–Kier alpha value is -2.15. The van der Waals surface area contributed by atoms with Crippen molar-refractivity contribution in [1.82, 2.24) is 10.3 Å². The van der Waals surface area contributed by atoms with Gasteiger partial charge in [0.25, 0.3) is 0 Å². The number of carbonyl (C=O) groups is 3. The Balaban J connectivity index is 1.97. The van der Waals surface area contributed by atoms with Crippen molar-refractivity contribution in [3.8, 4) is 0 Å². The number of carbonyl (C=O) groups excluding carboxylic acids is 3. The summed E-state index contributed by atoms with van der Waals surface area (Å²) < 4.78 is 5.18. The molecular weight excluding hydrogens is 382 g/mol. The Morgan fingerprint density at radius 2 is 1.93 bits per heavy atom. The molecule has 1 fully saturated rings. The molecule has 1 saturated carbocycles. The number of amides is 2. The fourth-order valence-electron chi connectivity index (χ4n) is 3.08. The van der Waals surface area contributed by atoms with Crippen LogP contribution < -0.4 is 10.6 Å². The number of nitrogens with zero attached hydrogens (tertiary/aromatic N) is 1. The molecular formula is C20H28ClN3O4. The molecule has 0 spiro atoms. The van der Waals surface area contributed by atoms with Gasteiger partial charge in [-0.25, -0.2) is 9.78 Å². The number of hydrogen-bond acceptors (Lipinski definition) is 5. The first-order valence-corrected chi connectivity index (χ1v) is 10.1. The predicted octanol–water partition coefficient (Wildman–Crippen LogP) is 3.45. The highest BCUT2D eigenvalue weighted by Gasteiger charge is 2.27. The number of alkyl halides is 1. The number of aromatic nitrogens is 1. The first kappa shape index (κ1) is 22.1. The van der Waals surface area contributed by atoms with Crippen LogP contribution in [-0.4, -0.2) is 40.3 Å². The van der Waals surface area contributed by atoms with Crippen LogP contribution in [0.4, 0.5) is 10.6 Å². The van der Waals surface area contributed by atoms with E-state index in [0.29, 0.717) is 12.2 Å². The van der Waals surface area contributed by atoms with Crippen molar-refractivity contribution in [2.45, 2.75) is 64.5 Å². The van der Waals surface area contributed by atoms with E-state index in [1.165, 1.54) is 0 Å². The smallest absolute Gasteiger partial charge is 0.413 e. The molecule has 0 aromatic carbocycles. The van der Waals surface area contributed by atoms with Crippen molar-refractivity contribution >= 4 is 35.2 Å². The van der Waals surface area contributed by atoms with Gasteiger partial charge in [-0.05, 0) is 45.2 Å². The topological polar surface area (TPSA) is 97.4 Å². The van der Waals surface area contributed by atoms with E-state index in [0.717, 1.165) is 31.2 Å². The lowest BCUT2D eigenvalue weighted by Crippen LogP contribution is -2.45. The van der Waals surface area contributed by atoms with Crippen LogP contribution in [0, 0.1) is 5.92 Å². The highest BCUT2D eigenvalue weighted by atomic mass is 35.5. The first-order valence-electron chi connectivity index (χ1n) is 9.52. The van der Waals surface area contributed by atoms with Crippen molar-refractivity contribution < 1.29 is 19.1 Å². The monoisotopic (exact) mass is 409 g/mol. The van der Waals surface area contributed by atoms with Crippen LogP contribution in [0.1, 0.15) is 52.0 Å². The summed E-state index contributed by atoms with van der Waals surface area (Å²) in [5.74, 6) is -0.167. The van der Waals surface area contributed by atoms with E-state index in [2.05, 4.69) is 15.6 Å². The van der Waals surface area contributed by atoms with Gasteiger partial charge in [0, 0.05) is 18.5 Å². The molecule has 1 unspecified atom stereocenters. The minimum absolute atomic E-state index is 0.0239. The van der Waals surface area contributed by atoms with Crippen LogP contribution in [0.5, 0.6) is 0 Å². The standard InChI is InChI=1S/C20H28ClN3O4/c1-20(2,3)28-19(27)24-17-9-8-13(12-22-17)10-15(16(25)11-21)23-18(26)14-6-4-5-7-14/h8-9,12,14-15H,4-7,10-11H2,1-3H3,(H,23,26)(H,22,24,27). The molecule has 1 atom stereocenters. The van der Waals surface area contributed by atoms with E-state index in [4.69, 9.17) is 16.3 Å². The number of halogens is 1. The van der Waals surface area contributed by atoms with E-state index in [1.54, 1.807) is 39.1 Å². The van der Waals surface area contributed by atoms with Gasteiger partial charge in [-0.1, -0.05) is 18.9 Å². The molecule has 154 valence electrons. The van der Waals surface area contributed by atoms with Crippen molar-refractivity contribution in [1.29, 1.82) is 0 Å². The van der Waals surface area contributed by atoms with Crippen LogP contribution in [-0.2, 0) is 20.7 Å². The predicted molar refractivity (Wildman–Crippen MR) is 107 cm³/mol. The molecule has 1 aromatic rings. The van der Waals surface area contributed by atoms with E-state index < -0.39 is 17.7 Å². The van der Waals surface area contributed by atoms with E-state index in [-0.39, 0.29) is 23.5 Å². The average Bonchev–Trinajstić information content (AvgIpc) is 3.15. The zero-order valence-corrected chi connectivity index (χ0v) is 17.3. The molecule has 0 radical (unpaired) electrons. The lowest BCUT2D eigenvalue weighted by Gasteiger charge is -2.20. The van der Waals surface area contributed by atoms with Gasteiger partial charge >= 0.3 is 6.09 Å². The number of nitrogens with one attached hydrogen (secondary N) is 2. The lowest BCUT2D eigenvalue weighted by atomic mass is 10.0. The number of ether oxygens (including phenoxy) is 1. The summed E-state index contributed by atoms with van der Waals surface area (Å²) in [5, 5.41) is 5.39. The van der Waals surface area contributed by atoms with Crippen molar-refractivity contribution in [3.05, 3.63) is 23.9 Å². The molecule has 8 heteroatoms.